The molecule has 2 heterocycles. The van der Waals surface area contributed by atoms with Crippen LogP contribution in [0.1, 0.15) is 10.5 Å². The van der Waals surface area contributed by atoms with E-state index in [1.165, 1.54) is 24.2 Å². The number of carbonyl (C=O) groups excluding carboxylic acids is 1. The molecule has 0 aliphatic rings. The van der Waals surface area contributed by atoms with Crippen LogP contribution in [0.3, 0.4) is 0 Å². The normalized spacial score (nSPS) is 10.3. The van der Waals surface area contributed by atoms with Crippen molar-refractivity contribution in [3.8, 4) is 5.82 Å². The van der Waals surface area contributed by atoms with Gasteiger partial charge in [0.25, 0.3) is 0 Å². The van der Waals surface area contributed by atoms with E-state index in [-0.39, 0.29) is 17.3 Å². The summed E-state index contributed by atoms with van der Waals surface area (Å²) in [5.41, 5.74) is -0.0482. The third kappa shape index (κ3) is 1.79. The van der Waals surface area contributed by atoms with Gasteiger partial charge in [-0.1, -0.05) is 5.21 Å². The Balaban J connectivity index is 2.49. The molecule has 0 aliphatic carbocycles. The number of ether oxygens (including phenoxy) is 1. The largest absolute Gasteiger partial charge is 0.464 e. The van der Waals surface area contributed by atoms with Gasteiger partial charge < -0.3 is 14.9 Å². The van der Waals surface area contributed by atoms with Crippen molar-refractivity contribution in [2.75, 3.05) is 7.11 Å². The van der Waals surface area contributed by atoms with E-state index in [1.807, 2.05) is 0 Å². The second-order valence-corrected chi connectivity index (χ2v) is 3.30. The number of carbonyl (C=O) groups is 1. The van der Waals surface area contributed by atoms with Gasteiger partial charge in [0.1, 0.15) is 0 Å². The number of imidazole rings is 1. The molecule has 18 heavy (non-hydrogen) atoms. The van der Waals surface area contributed by atoms with Gasteiger partial charge in [0.05, 0.1) is 13.3 Å². The van der Waals surface area contributed by atoms with Crippen LogP contribution in [0.2, 0.25) is 0 Å². The summed E-state index contributed by atoms with van der Waals surface area (Å²) in [5, 5.41) is 18.0. The molecule has 0 radical (unpaired) electrons. The van der Waals surface area contributed by atoms with Crippen LogP contribution in [-0.2, 0) is 11.8 Å². The zero-order valence-electron chi connectivity index (χ0n) is 9.47. The molecule has 2 rings (SSSR count). The smallest absolute Gasteiger partial charge is 0.408 e. The van der Waals surface area contributed by atoms with Gasteiger partial charge in [0, 0.05) is 7.05 Å². The maximum Gasteiger partial charge on any atom is 0.408 e. The Morgan fingerprint density at radius 1 is 1.56 bits per heavy atom. The number of nitrogens with zero attached hydrogens (tertiary/aromatic N) is 6. The fourth-order valence-corrected chi connectivity index (χ4v) is 1.37. The van der Waals surface area contributed by atoms with Crippen molar-refractivity contribution in [2.24, 2.45) is 7.05 Å². The molecule has 94 valence electrons. The van der Waals surface area contributed by atoms with Crippen LogP contribution >= 0.6 is 0 Å². The fourth-order valence-electron chi connectivity index (χ4n) is 1.37. The van der Waals surface area contributed by atoms with Gasteiger partial charge in [0.15, 0.2) is 5.69 Å². The average molecular weight is 252 g/mol. The molecule has 0 aliphatic heterocycles. The van der Waals surface area contributed by atoms with Crippen molar-refractivity contribution in [3.05, 3.63) is 28.3 Å². The lowest BCUT2D eigenvalue weighted by Gasteiger charge is -1.99. The van der Waals surface area contributed by atoms with E-state index in [0.29, 0.717) is 0 Å². The lowest BCUT2D eigenvalue weighted by Crippen LogP contribution is -2.05. The predicted octanol–water partition coefficient (Wildman–Crippen LogP) is -0.304. The van der Waals surface area contributed by atoms with Gasteiger partial charge in [-0.25, -0.2) is 4.79 Å². The second kappa shape index (κ2) is 4.24. The number of aryl methyl sites for hydroxylation is 1. The number of nitro groups is 1. The molecule has 0 bridgehead atoms. The van der Waals surface area contributed by atoms with Gasteiger partial charge in [-0.2, -0.15) is 4.68 Å². The van der Waals surface area contributed by atoms with Gasteiger partial charge in [0.2, 0.25) is 12.1 Å². The summed E-state index contributed by atoms with van der Waals surface area (Å²) >= 11 is 0. The molecule has 0 saturated carbocycles. The Morgan fingerprint density at radius 2 is 2.28 bits per heavy atom. The minimum Gasteiger partial charge on any atom is -0.464 e. The van der Waals surface area contributed by atoms with E-state index in [0.717, 1.165) is 4.68 Å². The zero-order chi connectivity index (χ0) is 13.3. The first-order valence-electron chi connectivity index (χ1n) is 4.71. The van der Waals surface area contributed by atoms with E-state index in [2.05, 4.69) is 20.0 Å². The Morgan fingerprint density at radius 3 is 2.89 bits per heavy atom. The summed E-state index contributed by atoms with van der Waals surface area (Å²) in [4.78, 5) is 25.0. The second-order valence-electron chi connectivity index (χ2n) is 3.30. The van der Waals surface area contributed by atoms with Crippen LogP contribution in [0.5, 0.6) is 0 Å². The highest BCUT2D eigenvalue weighted by molar-refractivity contribution is 5.86. The quantitative estimate of drug-likeness (QED) is 0.417. The first kappa shape index (κ1) is 11.7. The van der Waals surface area contributed by atoms with Crippen molar-refractivity contribution < 1.29 is 14.5 Å². The zero-order valence-corrected chi connectivity index (χ0v) is 9.47. The molecule has 0 unspecified atom stereocenters. The Bertz CT molecular complexity index is 615. The highest BCUT2D eigenvalue weighted by Gasteiger charge is 2.24. The number of hydrogen-bond donors (Lipinski definition) is 0. The minimum atomic E-state index is -0.675. The topological polar surface area (TPSA) is 118 Å². The van der Waals surface area contributed by atoms with E-state index in [1.54, 1.807) is 7.05 Å². The number of aromatic nitrogens is 5. The first-order chi connectivity index (χ1) is 8.54. The van der Waals surface area contributed by atoms with E-state index >= 15 is 0 Å². The first-order valence-corrected chi connectivity index (χ1v) is 4.71. The van der Waals surface area contributed by atoms with Gasteiger partial charge in [-0.05, 0) is 9.91 Å². The monoisotopic (exact) mass is 252 g/mol. The van der Waals surface area contributed by atoms with Crippen molar-refractivity contribution in [3.63, 3.8) is 0 Å². The van der Waals surface area contributed by atoms with Crippen LogP contribution in [0.25, 0.3) is 5.82 Å². The van der Waals surface area contributed by atoms with Gasteiger partial charge >= 0.3 is 11.8 Å². The van der Waals surface area contributed by atoms with Crippen LogP contribution in [0.4, 0.5) is 5.82 Å². The third-order valence-electron chi connectivity index (χ3n) is 2.17. The summed E-state index contributed by atoms with van der Waals surface area (Å²) < 4.78 is 6.96. The van der Waals surface area contributed by atoms with Crippen molar-refractivity contribution in [1.82, 2.24) is 24.5 Å². The third-order valence-corrected chi connectivity index (χ3v) is 2.17. The minimum absolute atomic E-state index is 0.0482. The van der Waals surface area contributed by atoms with Crippen LogP contribution in [0, 0.1) is 10.1 Å². The lowest BCUT2D eigenvalue weighted by molar-refractivity contribution is -0.389. The van der Waals surface area contributed by atoms with Crippen molar-refractivity contribution in [1.29, 1.82) is 0 Å². The summed E-state index contributed by atoms with van der Waals surface area (Å²) in [6, 6.07) is 0. The maximum atomic E-state index is 11.2. The average Bonchev–Trinajstić information content (AvgIpc) is 2.93. The van der Waals surface area contributed by atoms with Crippen molar-refractivity contribution >= 4 is 11.8 Å². The molecule has 0 atom stereocenters. The van der Waals surface area contributed by atoms with Crippen LogP contribution < -0.4 is 0 Å². The molecular weight excluding hydrogens is 244 g/mol. The van der Waals surface area contributed by atoms with Gasteiger partial charge in [-0.3, -0.25) is 4.57 Å². The Kier molecular flexibility index (Phi) is 2.75. The molecule has 2 aromatic rings. The summed E-state index contributed by atoms with van der Waals surface area (Å²) in [6.07, 6.45) is 2.50. The number of hydrogen-bond acceptors (Lipinski definition) is 7. The molecule has 0 amide bonds. The van der Waals surface area contributed by atoms with Crippen molar-refractivity contribution in [2.45, 2.75) is 0 Å². The lowest BCUT2D eigenvalue weighted by atomic mass is 10.5. The molecule has 0 N–H and O–H groups in total. The van der Waals surface area contributed by atoms with E-state index in [4.69, 9.17) is 0 Å². The van der Waals surface area contributed by atoms with E-state index in [9.17, 15) is 14.9 Å². The molecule has 10 nitrogen and oxygen atoms in total. The fraction of sp³-hybridized carbons (Fsp3) is 0.250. The van der Waals surface area contributed by atoms with Crippen LogP contribution in [0.15, 0.2) is 12.5 Å². The number of rotatable bonds is 3. The molecule has 0 spiro atoms. The molecule has 0 fully saturated rings. The maximum absolute atomic E-state index is 11.2. The predicted molar refractivity (Wildman–Crippen MR) is 56.1 cm³/mol. The molecule has 2 aromatic heterocycles. The number of methoxy groups -OCH3 is 1. The molecule has 0 saturated heterocycles. The Hall–Kier alpha value is -2.78. The summed E-state index contributed by atoms with van der Waals surface area (Å²) in [7, 11) is 2.77. The Labute approximate surface area is 99.9 Å². The SMILES string of the molecule is COC(=O)c1cn(-c2c([N+](=O)[O-])ncn2C)nn1. The van der Waals surface area contributed by atoms with E-state index < -0.39 is 10.9 Å². The molecule has 0 aromatic carbocycles. The highest BCUT2D eigenvalue weighted by Crippen LogP contribution is 2.19. The molecule has 10 heteroatoms. The summed E-state index contributed by atoms with van der Waals surface area (Å²) in [5.74, 6) is -0.951. The molecular formula is C8H8N6O4. The highest BCUT2D eigenvalue weighted by atomic mass is 16.6. The summed E-state index contributed by atoms with van der Waals surface area (Å²) in [6.45, 7) is 0. The van der Waals surface area contributed by atoms with Crippen LogP contribution in [-0.4, -0.2) is 42.5 Å². The van der Waals surface area contributed by atoms with Gasteiger partial charge in [-0.15, -0.1) is 5.10 Å². The standard InChI is InChI=1S/C8H8N6O4/c1-12-4-9-6(14(16)17)7(12)13-3-5(10-11-13)8(15)18-2/h3-4H,1-2H3. The number of esters is 1.